The molecule has 0 spiro atoms. The highest BCUT2D eigenvalue weighted by Crippen LogP contribution is 2.38. The van der Waals surface area contributed by atoms with Gasteiger partial charge in [0.15, 0.2) is 5.69 Å². The summed E-state index contributed by atoms with van der Waals surface area (Å²) in [4.78, 5) is 13.1. The molecule has 0 fully saturated rings. The summed E-state index contributed by atoms with van der Waals surface area (Å²) in [7, 11) is -4.05. The Balaban J connectivity index is 2.13. The molecule has 10 nitrogen and oxygen atoms in total. The quantitative estimate of drug-likeness (QED) is 0.270. The number of aromatic hydroxyl groups is 1. The van der Waals surface area contributed by atoms with Gasteiger partial charge in [0.25, 0.3) is 5.69 Å². The van der Waals surface area contributed by atoms with E-state index in [2.05, 4.69) is 15.2 Å². The maximum absolute atomic E-state index is 13.3. The number of aromatic amines is 1. The number of benzene rings is 2. The molecule has 2 N–H and O–H groups in total. The molecule has 31 heavy (non-hydrogen) atoms. The highest BCUT2D eigenvalue weighted by atomic mass is 32.2. The van der Waals surface area contributed by atoms with Crippen molar-refractivity contribution in [3.63, 3.8) is 0 Å². The Hall–Kier alpha value is -3.31. The summed E-state index contributed by atoms with van der Waals surface area (Å²) in [6, 6.07) is 10.5. The van der Waals surface area contributed by atoms with Crippen LogP contribution in [-0.2, 0) is 10.0 Å². The van der Waals surface area contributed by atoms with Gasteiger partial charge in [-0.3, -0.25) is 10.1 Å². The summed E-state index contributed by atoms with van der Waals surface area (Å²) < 4.78 is 27.9. The molecule has 1 aromatic heterocycles. The van der Waals surface area contributed by atoms with Gasteiger partial charge < -0.3 is 10.1 Å². The Morgan fingerprint density at radius 1 is 1.10 bits per heavy atom. The van der Waals surface area contributed by atoms with E-state index in [-0.39, 0.29) is 40.9 Å². The molecule has 164 valence electrons. The number of fused-ring (bicyclic) bond motifs is 1. The molecule has 0 bridgehead atoms. The molecule has 11 heteroatoms. The first-order chi connectivity index (χ1) is 14.8. The van der Waals surface area contributed by atoms with Crippen LogP contribution < -0.4 is 0 Å². The third kappa shape index (κ3) is 4.57. The van der Waals surface area contributed by atoms with Crippen LogP contribution in [0.5, 0.6) is 5.88 Å². The van der Waals surface area contributed by atoms with E-state index in [0.29, 0.717) is 23.7 Å². The number of H-pyrrole nitrogens is 1. The Labute approximate surface area is 179 Å². The van der Waals surface area contributed by atoms with Crippen LogP contribution in [0.2, 0.25) is 0 Å². The second-order valence-corrected chi connectivity index (χ2v) is 8.79. The number of nitrogens with zero attached hydrogens (tertiary/aromatic N) is 4. The number of sulfonamides is 1. The minimum atomic E-state index is -4.05. The molecule has 0 saturated carbocycles. The van der Waals surface area contributed by atoms with Crippen molar-refractivity contribution in [3.8, 4) is 5.88 Å². The van der Waals surface area contributed by atoms with Crippen LogP contribution in [-0.4, -0.2) is 40.8 Å². The van der Waals surface area contributed by atoms with Crippen molar-refractivity contribution in [1.29, 1.82) is 0 Å². The number of para-hydroxylation sites is 1. The topological polar surface area (TPSA) is 141 Å². The molecular formula is C20H23N5O5S. The SMILES string of the molecule is CCCN(CCC)S(=O)(=O)c1cc([N+](=O)[O-])ccc1N=Nc1c(O)[nH]c2ccccc12. The summed E-state index contributed by atoms with van der Waals surface area (Å²) in [5.41, 5.74) is 0.381. The van der Waals surface area contributed by atoms with Gasteiger partial charge in [0.1, 0.15) is 10.6 Å². The lowest BCUT2D eigenvalue weighted by Gasteiger charge is -2.21. The molecular weight excluding hydrogens is 422 g/mol. The first kappa shape index (κ1) is 22.4. The predicted octanol–water partition coefficient (Wildman–Crippen LogP) is 5.01. The lowest BCUT2D eigenvalue weighted by Crippen LogP contribution is -2.32. The number of azo groups is 1. The van der Waals surface area contributed by atoms with E-state index in [1.54, 1.807) is 24.3 Å². The third-order valence-corrected chi connectivity index (χ3v) is 6.56. The maximum atomic E-state index is 13.3. The fraction of sp³-hybridized carbons (Fsp3) is 0.300. The molecule has 3 aromatic rings. The van der Waals surface area contributed by atoms with Crippen molar-refractivity contribution in [2.45, 2.75) is 31.6 Å². The number of hydrogen-bond acceptors (Lipinski definition) is 7. The predicted molar refractivity (Wildman–Crippen MR) is 117 cm³/mol. The molecule has 0 aliphatic rings. The highest BCUT2D eigenvalue weighted by Gasteiger charge is 2.28. The van der Waals surface area contributed by atoms with E-state index in [9.17, 15) is 23.6 Å². The maximum Gasteiger partial charge on any atom is 0.270 e. The molecule has 2 aromatic carbocycles. The van der Waals surface area contributed by atoms with Crippen molar-refractivity contribution in [2.24, 2.45) is 10.2 Å². The second-order valence-electron chi connectivity index (χ2n) is 6.88. The fourth-order valence-corrected chi connectivity index (χ4v) is 4.98. The van der Waals surface area contributed by atoms with Gasteiger partial charge in [0.05, 0.1) is 10.4 Å². The van der Waals surface area contributed by atoms with Gasteiger partial charge in [-0.2, -0.15) is 4.31 Å². The van der Waals surface area contributed by atoms with Crippen LogP contribution >= 0.6 is 0 Å². The Morgan fingerprint density at radius 3 is 2.42 bits per heavy atom. The Bertz CT molecular complexity index is 1230. The van der Waals surface area contributed by atoms with E-state index in [4.69, 9.17) is 0 Å². The monoisotopic (exact) mass is 445 g/mol. The number of non-ortho nitro benzene ring substituents is 1. The zero-order valence-corrected chi connectivity index (χ0v) is 18.0. The minimum Gasteiger partial charge on any atom is -0.493 e. The summed E-state index contributed by atoms with van der Waals surface area (Å²) in [5.74, 6) is -0.213. The van der Waals surface area contributed by atoms with E-state index < -0.39 is 14.9 Å². The Kier molecular flexibility index (Phi) is 6.66. The smallest absolute Gasteiger partial charge is 0.270 e. The first-order valence-corrected chi connectivity index (χ1v) is 11.2. The molecule has 0 unspecified atom stereocenters. The van der Waals surface area contributed by atoms with Crippen LogP contribution in [0.25, 0.3) is 10.9 Å². The number of nitrogens with one attached hydrogen (secondary N) is 1. The first-order valence-electron chi connectivity index (χ1n) is 9.79. The molecule has 3 rings (SSSR count). The van der Waals surface area contributed by atoms with Gasteiger partial charge in [0.2, 0.25) is 15.9 Å². The van der Waals surface area contributed by atoms with Crippen LogP contribution in [0.1, 0.15) is 26.7 Å². The zero-order valence-electron chi connectivity index (χ0n) is 17.1. The summed E-state index contributed by atoms with van der Waals surface area (Å²) in [6.07, 6.45) is 1.18. The minimum absolute atomic E-state index is 0.0486. The summed E-state index contributed by atoms with van der Waals surface area (Å²) >= 11 is 0. The average molecular weight is 446 g/mol. The molecule has 0 amide bonds. The lowest BCUT2D eigenvalue weighted by atomic mass is 10.2. The molecule has 1 heterocycles. The van der Waals surface area contributed by atoms with Gasteiger partial charge >= 0.3 is 0 Å². The molecule has 0 aliphatic heterocycles. The van der Waals surface area contributed by atoms with Gasteiger partial charge in [-0.15, -0.1) is 10.2 Å². The van der Waals surface area contributed by atoms with Crippen LogP contribution in [0.3, 0.4) is 0 Å². The van der Waals surface area contributed by atoms with Crippen molar-refractivity contribution in [2.75, 3.05) is 13.1 Å². The zero-order chi connectivity index (χ0) is 22.6. The molecule has 0 aliphatic carbocycles. The highest BCUT2D eigenvalue weighted by molar-refractivity contribution is 7.89. The van der Waals surface area contributed by atoms with Gasteiger partial charge in [-0.1, -0.05) is 32.0 Å². The van der Waals surface area contributed by atoms with Gasteiger partial charge in [-0.25, -0.2) is 8.42 Å². The number of nitro benzene ring substituents is 1. The fourth-order valence-electron chi connectivity index (χ4n) is 3.21. The standard InChI is InChI=1S/C20H23N5O5S/c1-3-11-24(12-4-2)31(29,30)18-13-14(25(27)28)9-10-17(18)22-23-19-15-7-5-6-8-16(15)21-20(19)26/h5-10,13,21,26H,3-4,11-12H2,1-2H3. The van der Waals surface area contributed by atoms with Crippen molar-refractivity contribution >= 4 is 38.0 Å². The van der Waals surface area contributed by atoms with Crippen LogP contribution in [0.15, 0.2) is 57.6 Å². The number of aromatic nitrogens is 1. The lowest BCUT2D eigenvalue weighted by molar-refractivity contribution is -0.385. The van der Waals surface area contributed by atoms with Gasteiger partial charge in [-0.05, 0) is 25.0 Å². The molecule has 0 atom stereocenters. The van der Waals surface area contributed by atoms with E-state index in [1.165, 1.54) is 16.4 Å². The van der Waals surface area contributed by atoms with E-state index >= 15 is 0 Å². The van der Waals surface area contributed by atoms with E-state index in [0.717, 1.165) is 6.07 Å². The van der Waals surface area contributed by atoms with Gasteiger partial charge in [0, 0.05) is 30.6 Å². The largest absolute Gasteiger partial charge is 0.493 e. The van der Waals surface area contributed by atoms with Crippen molar-refractivity contribution < 1.29 is 18.4 Å². The van der Waals surface area contributed by atoms with Crippen molar-refractivity contribution in [1.82, 2.24) is 9.29 Å². The normalized spacial score (nSPS) is 12.2. The van der Waals surface area contributed by atoms with Crippen LogP contribution in [0, 0.1) is 10.1 Å². The van der Waals surface area contributed by atoms with Crippen LogP contribution in [0.4, 0.5) is 17.1 Å². The number of nitro groups is 1. The van der Waals surface area contributed by atoms with E-state index in [1.807, 2.05) is 13.8 Å². The molecule has 0 saturated heterocycles. The molecule has 0 radical (unpaired) electrons. The van der Waals surface area contributed by atoms with Crippen molar-refractivity contribution in [3.05, 3.63) is 52.6 Å². The number of rotatable bonds is 9. The number of hydrogen-bond donors (Lipinski definition) is 2. The summed E-state index contributed by atoms with van der Waals surface area (Å²) in [6.45, 7) is 4.26. The second kappa shape index (κ2) is 9.23. The Morgan fingerprint density at radius 2 is 1.77 bits per heavy atom. The average Bonchev–Trinajstić information content (AvgIpc) is 3.06. The third-order valence-electron chi connectivity index (χ3n) is 4.64. The summed E-state index contributed by atoms with van der Waals surface area (Å²) in [5, 5.41) is 30.1.